The predicted octanol–water partition coefficient (Wildman–Crippen LogP) is 2.86. The minimum atomic E-state index is -1.75. The Morgan fingerprint density at radius 2 is 2.00 bits per heavy atom. The first-order chi connectivity index (χ1) is 15.1. The van der Waals surface area contributed by atoms with Crippen molar-refractivity contribution in [3.8, 4) is 0 Å². The van der Waals surface area contributed by atoms with Crippen molar-refractivity contribution in [3.63, 3.8) is 0 Å². The quantitative estimate of drug-likeness (QED) is 0.517. The van der Waals surface area contributed by atoms with Gasteiger partial charge in [0, 0.05) is 11.8 Å². The fourth-order valence-corrected chi connectivity index (χ4v) is 4.20. The van der Waals surface area contributed by atoms with Crippen molar-refractivity contribution in [2.45, 2.75) is 31.6 Å². The number of anilines is 1. The summed E-state index contributed by atoms with van der Waals surface area (Å²) in [6.07, 6.45) is -0.168. The highest BCUT2D eigenvalue weighted by molar-refractivity contribution is 9.10. The number of aromatic nitrogens is 3. The second-order valence-corrected chi connectivity index (χ2v) is 8.63. The van der Waals surface area contributed by atoms with Gasteiger partial charge in [0.2, 0.25) is 11.8 Å². The maximum absolute atomic E-state index is 14.8. The Balaban J connectivity index is 1.58. The number of carbonyl (C=O) groups is 3. The Labute approximate surface area is 190 Å². The summed E-state index contributed by atoms with van der Waals surface area (Å²) in [6.45, 7) is 0.743. The van der Waals surface area contributed by atoms with E-state index in [1.165, 1.54) is 16.5 Å². The van der Waals surface area contributed by atoms with Crippen molar-refractivity contribution >= 4 is 50.4 Å². The van der Waals surface area contributed by atoms with Gasteiger partial charge in [0.05, 0.1) is 12.1 Å². The van der Waals surface area contributed by atoms with Gasteiger partial charge < -0.3 is 15.3 Å². The van der Waals surface area contributed by atoms with Crippen LogP contribution in [-0.4, -0.2) is 60.8 Å². The summed E-state index contributed by atoms with van der Waals surface area (Å²) in [6, 6.07) is 10.5. The average Bonchev–Trinajstić information content (AvgIpc) is 3.26. The average molecular weight is 504 g/mol. The Morgan fingerprint density at radius 1 is 1.25 bits per heavy atom. The minimum absolute atomic E-state index is 0.168. The molecule has 166 valence electrons. The van der Waals surface area contributed by atoms with Gasteiger partial charge in [0.15, 0.2) is 5.69 Å². The topological polar surface area (TPSA) is 117 Å². The first-order valence-electron chi connectivity index (χ1n) is 9.75. The second-order valence-electron chi connectivity index (χ2n) is 7.82. The van der Waals surface area contributed by atoms with Gasteiger partial charge in [0.25, 0.3) is 0 Å². The lowest BCUT2D eigenvalue weighted by atomic mass is 10.0. The van der Waals surface area contributed by atoms with Crippen LogP contribution in [0.15, 0.2) is 47.1 Å². The molecule has 0 aliphatic carbocycles. The molecular formula is C21H19BrFN5O4. The molecule has 2 aromatic heterocycles. The van der Waals surface area contributed by atoms with Crippen LogP contribution in [0.4, 0.5) is 10.2 Å². The smallest absolute Gasteiger partial charge is 0.357 e. The molecule has 1 aliphatic rings. The van der Waals surface area contributed by atoms with E-state index < -0.39 is 29.5 Å². The number of hydrogen-bond donors (Lipinski definition) is 2. The second kappa shape index (κ2) is 8.30. The van der Waals surface area contributed by atoms with Gasteiger partial charge in [-0.25, -0.2) is 14.2 Å². The number of alkyl halides is 1. The lowest BCUT2D eigenvalue weighted by molar-refractivity contribution is -0.137. The van der Waals surface area contributed by atoms with Crippen LogP contribution < -0.4 is 5.32 Å². The molecule has 0 spiro atoms. The lowest BCUT2D eigenvalue weighted by Crippen LogP contribution is -2.44. The van der Waals surface area contributed by atoms with Crippen LogP contribution in [0.1, 0.15) is 23.8 Å². The molecule has 1 saturated heterocycles. The number of carbonyl (C=O) groups excluding carboxylic acids is 2. The summed E-state index contributed by atoms with van der Waals surface area (Å²) in [5.74, 6) is -2.04. The van der Waals surface area contributed by atoms with E-state index in [2.05, 4.69) is 31.3 Å². The lowest BCUT2D eigenvalue weighted by Gasteiger charge is -2.23. The first-order valence-corrected chi connectivity index (χ1v) is 10.5. The third kappa shape index (κ3) is 4.33. The van der Waals surface area contributed by atoms with Crippen molar-refractivity contribution in [2.75, 3.05) is 11.9 Å². The van der Waals surface area contributed by atoms with Crippen LogP contribution in [0.5, 0.6) is 0 Å². The van der Waals surface area contributed by atoms with E-state index in [9.17, 15) is 23.9 Å². The molecule has 2 atom stereocenters. The third-order valence-corrected chi connectivity index (χ3v) is 5.67. The number of para-hydroxylation sites is 1. The number of pyridine rings is 1. The third-order valence-electron chi connectivity index (χ3n) is 5.23. The predicted molar refractivity (Wildman–Crippen MR) is 117 cm³/mol. The molecule has 0 radical (unpaired) electrons. The highest BCUT2D eigenvalue weighted by Gasteiger charge is 2.46. The molecule has 3 heterocycles. The number of rotatable bonds is 5. The van der Waals surface area contributed by atoms with Gasteiger partial charge in [-0.3, -0.25) is 14.3 Å². The molecule has 1 aliphatic heterocycles. The Hall–Kier alpha value is -3.34. The largest absolute Gasteiger partial charge is 0.476 e. The van der Waals surface area contributed by atoms with Crippen LogP contribution in [0.25, 0.3) is 10.9 Å². The zero-order chi connectivity index (χ0) is 23.0. The number of carboxylic acid groups (broad SMARTS) is 1. The fourth-order valence-electron chi connectivity index (χ4n) is 3.85. The molecule has 32 heavy (non-hydrogen) atoms. The maximum Gasteiger partial charge on any atom is 0.357 e. The van der Waals surface area contributed by atoms with E-state index in [1.54, 1.807) is 42.5 Å². The molecule has 2 amide bonds. The number of carboxylic acids is 1. The number of benzene rings is 1. The molecule has 4 rings (SSSR count). The number of fused-ring (bicyclic) bond motifs is 1. The number of aromatic carboxylic acids is 1. The van der Waals surface area contributed by atoms with Gasteiger partial charge >= 0.3 is 5.97 Å². The van der Waals surface area contributed by atoms with Crippen LogP contribution in [0, 0.1) is 0 Å². The Kier molecular flexibility index (Phi) is 5.68. The van der Waals surface area contributed by atoms with Crippen molar-refractivity contribution in [1.29, 1.82) is 0 Å². The molecule has 3 aromatic rings. The summed E-state index contributed by atoms with van der Waals surface area (Å²) in [7, 11) is 0. The zero-order valence-corrected chi connectivity index (χ0v) is 18.5. The van der Waals surface area contributed by atoms with Gasteiger partial charge in [-0.05, 0) is 41.1 Å². The normalized spacial score (nSPS) is 20.5. The van der Waals surface area contributed by atoms with Gasteiger partial charge in [-0.1, -0.05) is 24.3 Å². The maximum atomic E-state index is 14.8. The summed E-state index contributed by atoms with van der Waals surface area (Å²) in [4.78, 5) is 42.8. The molecule has 2 N–H and O–H groups in total. The van der Waals surface area contributed by atoms with Crippen molar-refractivity contribution in [1.82, 2.24) is 19.7 Å². The Morgan fingerprint density at radius 3 is 2.72 bits per heavy atom. The highest BCUT2D eigenvalue weighted by atomic mass is 79.9. The van der Waals surface area contributed by atoms with Crippen LogP contribution >= 0.6 is 15.9 Å². The van der Waals surface area contributed by atoms with E-state index in [-0.39, 0.29) is 31.0 Å². The molecule has 1 fully saturated rings. The van der Waals surface area contributed by atoms with Gasteiger partial charge in [-0.2, -0.15) is 5.10 Å². The molecular weight excluding hydrogens is 485 g/mol. The molecule has 0 unspecified atom stereocenters. The molecule has 0 bridgehead atoms. The van der Waals surface area contributed by atoms with Crippen molar-refractivity contribution in [3.05, 3.63) is 52.8 Å². The summed E-state index contributed by atoms with van der Waals surface area (Å²) < 4.78 is 16.6. The molecule has 0 saturated carbocycles. The van der Waals surface area contributed by atoms with Gasteiger partial charge in [0.1, 0.15) is 28.7 Å². The minimum Gasteiger partial charge on any atom is -0.476 e. The van der Waals surface area contributed by atoms with Crippen molar-refractivity contribution in [2.24, 2.45) is 0 Å². The summed E-state index contributed by atoms with van der Waals surface area (Å²) in [5.41, 5.74) is -1.47. The number of halogens is 2. The van der Waals surface area contributed by atoms with E-state index in [4.69, 9.17) is 0 Å². The fraction of sp³-hybridized carbons (Fsp3) is 0.286. The van der Waals surface area contributed by atoms with E-state index in [0.717, 1.165) is 0 Å². The number of nitrogens with zero attached hydrogens (tertiary/aromatic N) is 4. The highest BCUT2D eigenvalue weighted by Crippen LogP contribution is 2.31. The van der Waals surface area contributed by atoms with Crippen molar-refractivity contribution < 1.29 is 23.9 Å². The van der Waals surface area contributed by atoms with E-state index in [1.807, 2.05) is 0 Å². The SMILES string of the molecule is C[C@@]1(F)C[C@@H](C(=O)Nc2cccc(Br)n2)N(C(=O)Cn2nc(C(=O)O)c3ccccc32)C1. The number of likely N-dealkylation sites (tertiary alicyclic amines) is 1. The standard InChI is InChI=1S/C21H19BrFN5O4/c1-21(23)9-14(19(30)25-16-8-4-7-15(22)24-16)27(11-21)17(29)10-28-13-6-3-2-5-12(13)18(26-28)20(31)32/h2-8,14H,9-11H2,1H3,(H,31,32)(H,24,25,30)/t14-,21+/m0/s1. The molecule has 9 nitrogen and oxygen atoms in total. The monoisotopic (exact) mass is 503 g/mol. The Bertz CT molecular complexity index is 1230. The number of amides is 2. The first kappa shape index (κ1) is 21.9. The summed E-state index contributed by atoms with van der Waals surface area (Å²) in [5, 5.41) is 16.5. The van der Waals surface area contributed by atoms with Crippen LogP contribution in [0.2, 0.25) is 0 Å². The number of hydrogen-bond acceptors (Lipinski definition) is 5. The van der Waals surface area contributed by atoms with E-state index in [0.29, 0.717) is 15.5 Å². The number of nitrogens with one attached hydrogen (secondary N) is 1. The molecule has 1 aromatic carbocycles. The van der Waals surface area contributed by atoms with Crippen LogP contribution in [0.3, 0.4) is 0 Å². The summed E-state index contributed by atoms with van der Waals surface area (Å²) >= 11 is 3.22. The molecule has 11 heteroatoms. The zero-order valence-electron chi connectivity index (χ0n) is 17.0. The van der Waals surface area contributed by atoms with Crippen LogP contribution in [-0.2, 0) is 16.1 Å². The van der Waals surface area contributed by atoms with E-state index >= 15 is 0 Å². The van der Waals surface area contributed by atoms with Gasteiger partial charge in [-0.15, -0.1) is 0 Å².